The van der Waals surface area contributed by atoms with E-state index in [-0.39, 0.29) is 0 Å². The molecule has 172 valence electrons. The van der Waals surface area contributed by atoms with Crippen molar-refractivity contribution in [1.82, 2.24) is 4.90 Å². The van der Waals surface area contributed by atoms with E-state index in [2.05, 4.69) is 16.5 Å². The predicted octanol–water partition coefficient (Wildman–Crippen LogP) is 4.80. The number of aliphatic hydroxyl groups excluding tert-OH is 1. The van der Waals surface area contributed by atoms with Crippen molar-refractivity contribution in [3.05, 3.63) is 58.1 Å². The summed E-state index contributed by atoms with van der Waals surface area (Å²) in [6.07, 6.45) is 3.60. The average Bonchev–Trinajstić information content (AvgIpc) is 2.70. The Morgan fingerprint density at radius 3 is 2.39 bits per heavy atom. The predicted molar refractivity (Wildman–Crippen MR) is 128 cm³/mol. The molecular weight excluding hydrogens is 459 g/mol. The van der Waals surface area contributed by atoms with E-state index >= 15 is 0 Å². The molecule has 2 N–H and O–H groups in total. The largest absolute Gasteiger partial charge is 0.465 e. The van der Waals surface area contributed by atoms with E-state index in [0.29, 0.717) is 34.4 Å². The fourth-order valence-corrected chi connectivity index (χ4v) is 3.91. The maximum atomic E-state index is 11.3. The molecule has 0 amide bonds. The van der Waals surface area contributed by atoms with Crippen molar-refractivity contribution in [2.24, 2.45) is 0 Å². The summed E-state index contributed by atoms with van der Waals surface area (Å²) in [5.74, 6) is 0.475. The van der Waals surface area contributed by atoms with Gasteiger partial charge in [0.25, 0.3) is 0 Å². The van der Waals surface area contributed by atoms with Crippen molar-refractivity contribution < 1.29 is 18.3 Å². The summed E-state index contributed by atoms with van der Waals surface area (Å²) in [5.41, 5.74) is 1.56. The Morgan fingerprint density at radius 2 is 1.77 bits per heavy atom. The number of halogens is 2. The van der Waals surface area contributed by atoms with Gasteiger partial charge < -0.3 is 14.7 Å². The molecule has 0 saturated carbocycles. The first-order valence-electron chi connectivity index (χ1n) is 10.2. The van der Waals surface area contributed by atoms with Crippen LogP contribution in [0.15, 0.2) is 42.5 Å². The Balaban J connectivity index is 1.84. The van der Waals surface area contributed by atoms with Crippen LogP contribution >= 0.6 is 23.2 Å². The summed E-state index contributed by atoms with van der Waals surface area (Å²) in [6, 6.07) is 12.1. The highest BCUT2D eigenvalue weighted by molar-refractivity contribution is 7.92. The second kappa shape index (κ2) is 12.5. The summed E-state index contributed by atoms with van der Waals surface area (Å²) >= 11 is 12.1. The summed E-state index contributed by atoms with van der Waals surface area (Å²) in [6.45, 7) is 4.63. The maximum absolute atomic E-state index is 11.3. The minimum atomic E-state index is -3.33. The van der Waals surface area contributed by atoms with Gasteiger partial charge in [-0.25, -0.2) is 8.42 Å². The lowest BCUT2D eigenvalue weighted by atomic mass is 10.1. The van der Waals surface area contributed by atoms with Crippen molar-refractivity contribution in [2.45, 2.75) is 38.9 Å². The van der Waals surface area contributed by atoms with Crippen molar-refractivity contribution in [3.8, 4) is 5.75 Å². The van der Waals surface area contributed by atoms with Crippen LogP contribution < -0.4 is 9.46 Å². The fourth-order valence-electron chi connectivity index (χ4n) is 3.02. The van der Waals surface area contributed by atoms with Crippen LogP contribution in [0.3, 0.4) is 0 Å². The highest BCUT2D eigenvalue weighted by Crippen LogP contribution is 2.23. The lowest BCUT2D eigenvalue weighted by Crippen LogP contribution is -2.31. The zero-order chi connectivity index (χ0) is 22.9. The molecule has 0 aromatic heterocycles. The Morgan fingerprint density at radius 1 is 1.06 bits per heavy atom. The monoisotopic (exact) mass is 488 g/mol. The molecule has 2 rings (SSSR count). The first-order chi connectivity index (χ1) is 14.7. The van der Waals surface area contributed by atoms with Crippen LogP contribution in [0.2, 0.25) is 10.0 Å². The normalized spacial score (nSPS) is 12.7. The third-order valence-electron chi connectivity index (χ3n) is 4.65. The molecule has 0 bridgehead atoms. The number of aliphatic hydroxyl groups is 1. The molecular formula is C22H30Cl2N2O4S. The molecule has 9 heteroatoms. The number of nitrogens with zero attached hydrogens (tertiary/aromatic N) is 1. The molecule has 1 atom stereocenters. The van der Waals surface area contributed by atoms with Gasteiger partial charge in [-0.05, 0) is 61.3 Å². The highest BCUT2D eigenvalue weighted by atomic mass is 35.5. The summed E-state index contributed by atoms with van der Waals surface area (Å²) < 4.78 is 30.5. The topological polar surface area (TPSA) is 78.9 Å². The second-order valence-electron chi connectivity index (χ2n) is 7.45. The molecule has 0 aliphatic carbocycles. The van der Waals surface area contributed by atoms with Gasteiger partial charge in [0.1, 0.15) is 5.75 Å². The minimum absolute atomic E-state index is 0.442. The summed E-state index contributed by atoms with van der Waals surface area (Å²) in [7, 11) is -3.33. The van der Waals surface area contributed by atoms with Gasteiger partial charge in [-0.15, -0.1) is 0 Å². The van der Waals surface area contributed by atoms with Crippen LogP contribution in [0.5, 0.6) is 5.75 Å². The molecule has 31 heavy (non-hydrogen) atoms. The third-order valence-corrected chi connectivity index (χ3v) is 6.00. The number of benzene rings is 2. The zero-order valence-electron chi connectivity index (χ0n) is 17.9. The van der Waals surface area contributed by atoms with Crippen LogP contribution in [-0.4, -0.2) is 50.6 Å². The standard InChI is InChI=1S/C22H30Cl2N2O4S/c1-3-4-13-26(14-11-17-5-10-20(23)21(24)16-17)15-12-22(27)30-19-8-6-18(7-9-19)25-31(2,28)29/h5-10,16,22,25,27H,3-4,11-15H2,1-2H3. The van der Waals surface area contributed by atoms with Gasteiger partial charge in [-0.3, -0.25) is 4.72 Å². The van der Waals surface area contributed by atoms with Crippen LogP contribution in [0, 0.1) is 0 Å². The van der Waals surface area contributed by atoms with Crippen molar-refractivity contribution in [2.75, 3.05) is 30.6 Å². The van der Waals surface area contributed by atoms with E-state index < -0.39 is 16.3 Å². The van der Waals surface area contributed by atoms with Crippen molar-refractivity contribution in [1.29, 1.82) is 0 Å². The van der Waals surface area contributed by atoms with Crippen LogP contribution in [-0.2, 0) is 16.4 Å². The van der Waals surface area contributed by atoms with Gasteiger partial charge in [0.15, 0.2) is 6.29 Å². The smallest absolute Gasteiger partial charge is 0.229 e. The first kappa shape index (κ1) is 25.7. The van der Waals surface area contributed by atoms with E-state index in [1.807, 2.05) is 18.2 Å². The molecule has 0 aliphatic rings. The fraction of sp³-hybridized carbons (Fsp3) is 0.455. The number of nitrogens with one attached hydrogen (secondary N) is 1. The second-order valence-corrected chi connectivity index (χ2v) is 10.0. The number of anilines is 1. The van der Waals surface area contributed by atoms with E-state index in [1.165, 1.54) is 0 Å². The Bertz CT molecular complexity index is 924. The molecule has 0 saturated heterocycles. The lowest BCUT2D eigenvalue weighted by Gasteiger charge is -2.24. The Labute approximate surface area is 195 Å². The van der Waals surface area contributed by atoms with E-state index in [4.69, 9.17) is 27.9 Å². The average molecular weight is 489 g/mol. The van der Waals surface area contributed by atoms with Gasteiger partial charge in [-0.2, -0.15) is 0 Å². The molecule has 2 aromatic rings. The number of unbranched alkanes of at least 4 members (excludes halogenated alkanes) is 1. The molecule has 1 unspecified atom stereocenters. The van der Waals surface area contributed by atoms with Gasteiger partial charge in [-0.1, -0.05) is 42.6 Å². The maximum Gasteiger partial charge on any atom is 0.229 e. The van der Waals surface area contributed by atoms with Crippen LogP contribution in [0.4, 0.5) is 5.69 Å². The number of ether oxygens (including phenoxy) is 1. The number of rotatable bonds is 13. The summed E-state index contributed by atoms with van der Waals surface area (Å²) in [4.78, 5) is 2.30. The zero-order valence-corrected chi connectivity index (χ0v) is 20.2. The quantitative estimate of drug-likeness (QED) is 0.396. The molecule has 2 aromatic carbocycles. The molecule has 0 aliphatic heterocycles. The van der Waals surface area contributed by atoms with E-state index in [1.54, 1.807) is 24.3 Å². The highest BCUT2D eigenvalue weighted by Gasteiger charge is 2.12. The lowest BCUT2D eigenvalue weighted by molar-refractivity contribution is -0.0289. The van der Waals surface area contributed by atoms with Gasteiger partial charge in [0.2, 0.25) is 10.0 Å². The summed E-state index contributed by atoms with van der Waals surface area (Å²) in [5, 5.41) is 11.4. The number of sulfonamides is 1. The molecule has 0 radical (unpaired) electrons. The van der Waals surface area contributed by atoms with Crippen molar-refractivity contribution >= 4 is 38.9 Å². The Kier molecular flexibility index (Phi) is 10.4. The van der Waals surface area contributed by atoms with E-state index in [9.17, 15) is 13.5 Å². The Hall–Kier alpha value is -1.51. The van der Waals surface area contributed by atoms with Gasteiger partial charge in [0, 0.05) is 25.2 Å². The number of hydrogen-bond donors (Lipinski definition) is 2. The van der Waals surface area contributed by atoms with Gasteiger partial charge >= 0.3 is 0 Å². The first-order valence-corrected chi connectivity index (χ1v) is 12.9. The van der Waals surface area contributed by atoms with Crippen LogP contribution in [0.1, 0.15) is 31.7 Å². The SMILES string of the molecule is CCCCN(CCc1ccc(Cl)c(Cl)c1)CCC(O)Oc1ccc(NS(C)(=O)=O)cc1. The van der Waals surface area contributed by atoms with Crippen molar-refractivity contribution in [3.63, 3.8) is 0 Å². The molecule has 0 fully saturated rings. The van der Waals surface area contributed by atoms with Gasteiger partial charge in [0.05, 0.1) is 16.3 Å². The van der Waals surface area contributed by atoms with Crippen LogP contribution in [0.25, 0.3) is 0 Å². The molecule has 0 spiro atoms. The minimum Gasteiger partial charge on any atom is -0.465 e. The molecule has 6 nitrogen and oxygen atoms in total. The molecule has 0 heterocycles. The van der Waals surface area contributed by atoms with E-state index in [0.717, 1.165) is 44.2 Å². The third kappa shape index (κ3) is 10.1. The number of hydrogen-bond acceptors (Lipinski definition) is 5.